The first-order chi connectivity index (χ1) is 15.2. The molecule has 0 atom stereocenters. The second-order valence-corrected chi connectivity index (χ2v) is 9.18. The third-order valence-electron chi connectivity index (χ3n) is 6.67. The van der Waals surface area contributed by atoms with Gasteiger partial charge in [0.05, 0.1) is 18.0 Å². The fraction of sp³-hybridized carbons (Fsp3) is 0.630. The van der Waals surface area contributed by atoms with Crippen molar-refractivity contribution in [2.75, 3.05) is 6.61 Å². The number of hydrogen-bond donors (Lipinski definition) is 0. The van der Waals surface area contributed by atoms with E-state index in [9.17, 15) is 4.39 Å². The van der Waals surface area contributed by atoms with Crippen LogP contribution < -0.4 is 4.74 Å². The Hall–Kier alpha value is -1.97. The molecule has 0 amide bonds. The number of unbranched alkanes of at least 4 members (excludes halogenated alkanes) is 3. The summed E-state index contributed by atoms with van der Waals surface area (Å²) in [5.74, 6) is 1.77. The van der Waals surface area contributed by atoms with Gasteiger partial charge in [0.1, 0.15) is 0 Å². The molecule has 0 bridgehead atoms. The molecular formula is C27H39FN2O. The van der Waals surface area contributed by atoms with Gasteiger partial charge in [-0.1, -0.05) is 71.6 Å². The first-order valence-corrected chi connectivity index (χ1v) is 12.4. The predicted octanol–water partition coefficient (Wildman–Crippen LogP) is 7.78. The van der Waals surface area contributed by atoms with Crippen LogP contribution in [0.25, 0.3) is 11.3 Å². The lowest BCUT2D eigenvalue weighted by atomic mass is 9.78. The fourth-order valence-electron chi connectivity index (χ4n) is 4.70. The highest BCUT2D eigenvalue weighted by Gasteiger charge is 2.20. The molecule has 1 aromatic heterocycles. The van der Waals surface area contributed by atoms with Crippen molar-refractivity contribution in [3.8, 4) is 17.0 Å². The number of ether oxygens (including phenoxy) is 1. The van der Waals surface area contributed by atoms with Gasteiger partial charge in [0.2, 0.25) is 0 Å². The van der Waals surface area contributed by atoms with Gasteiger partial charge in [0.15, 0.2) is 11.6 Å². The maximum Gasteiger partial charge on any atom is 0.165 e. The number of halogens is 1. The molecule has 2 aromatic rings. The lowest BCUT2D eigenvalue weighted by Gasteiger charge is -2.28. The average molecular weight is 427 g/mol. The number of aromatic nitrogens is 2. The highest BCUT2D eigenvalue weighted by atomic mass is 19.1. The van der Waals surface area contributed by atoms with Crippen molar-refractivity contribution < 1.29 is 9.13 Å². The van der Waals surface area contributed by atoms with Gasteiger partial charge in [0.25, 0.3) is 0 Å². The molecule has 0 spiro atoms. The van der Waals surface area contributed by atoms with Crippen LogP contribution in [0.1, 0.15) is 90.2 Å². The second kappa shape index (κ2) is 12.8. The summed E-state index contributed by atoms with van der Waals surface area (Å²) >= 11 is 0. The summed E-state index contributed by atoms with van der Waals surface area (Å²) in [5.41, 5.74) is 2.48. The largest absolute Gasteiger partial charge is 0.491 e. The average Bonchev–Trinajstić information content (AvgIpc) is 2.80. The molecule has 3 rings (SSSR count). The fourth-order valence-corrected chi connectivity index (χ4v) is 4.70. The van der Waals surface area contributed by atoms with E-state index >= 15 is 0 Å². The van der Waals surface area contributed by atoms with E-state index in [4.69, 9.17) is 4.74 Å². The van der Waals surface area contributed by atoms with Gasteiger partial charge in [-0.15, -0.1) is 0 Å². The van der Waals surface area contributed by atoms with Crippen LogP contribution >= 0.6 is 0 Å². The molecule has 0 radical (unpaired) electrons. The van der Waals surface area contributed by atoms with Crippen molar-refractivity contribution in [1.82, 2.24) is 10.2 Å². The minimum Gasteiger partial charge on any atom is -0.491 e. The topological polar surface area (TPSA) is 35.0 Å². The zero-order valence-corrected chi connectivity index (χ0v) is 19.4. The summed E-state index contributed by atoms with van der Waals surface area (Å²) in [4.78, 5) is 0. The second-order valence-electron chi connectivity index (χ2n) is 9.18. The quantitative estimate of drug-likeness (QED) is 0.325. The third-order valence-corrected chi connectivity index (χ3v) is 6.67. The van der Waals surface area contributed by atoms with E-state index in [2.05, 4.69) is 24.0 Å². The highest BCUT2D eigenvalue weighted by Crippen LogP contribution is 2.33. The molecule has 3 nitrogen and oxygen atoms in total. The zero-order valence-electron chi connectivity index (χ0n) is 19.4. The van der Waals surface area contributed by atoms with E-state index in [1.807, 2.05) is 18.2 Å². The van der Waals surface area contributed by atoms with E-state index in [0.717, 1.165) is 42.4 Å². The van der Waals surface area contributed by atoms with Crippen LogP contribution in [0.15, 0.2) is 30.3 Å². The van der Waals surface area contributed by atoms with Crippen molar-refractivity contribution in [3.05, 3.63) is 41.8 Å². The van der Waals surface area contributed by atoms with Crippen LogP contribution in [0.5, 0.6) is 5.75 Å². The van der Waals surface area contributed by atoms with E-state index in [0.29, 0.717) is 18.1 Å². The third kappa shape index (κ3) is 7.59. The zero-order chi connectivity index (χ0) is 21.9. The minimum absolute atomic E-state index is 0.318. The summed E-state index contributed by atoms with van der Waals surface area (Å²) in [7, 11) is 0. The Kier molecular flexibility index (Phi) is 9.77. The van der Waals surface area contributed by atoms with E-state index < -0.39 is 0 Å². The first kappa shape index (κ1) is 23.7. The molecule has 0 unspecified atom stereocenters. The van der Waals surface area contributed by atoms with Crippen LogP contribution in [-0.2, 0) is 6.42 Å². The molecule has 1 aromatic carbocycles. The summed E-state index contributed by atoms with van der Waals surface area (Å²) in [6.45, 7) is 5.03. The number of rotatable bonds is 12. The SMILES string of the molecule is CCCCCCOc1ccc(-c2ccc(CCC3CCC(CCC)CC3)nn2)cc1F. The summed E-state index contributed by atoms with van der Waals surface area (Å²) < 4.78 is 20.0. The van der Waals surface area contributed by atoms with Crippen molar-refractivity contribution in [1.29, 1.82) is 0 Å². The van der Waals surface area contributed by atoms with E-state index in [1.165, 1.54) is 63.9 Å². The predicted molar refractivity (Wildman–Crippen MR) is 126 cm³/mol. The van der Waals surface area contributed by atoms with E-state index in [1.54, 1.807) is 6.07 Å². The van der Waals surface area contributed by atoms with Crippen molar-refractivity contribution in [3.63, 3.8) is 0 Å². The van der Waals surface area contributed by atoms with Gasteiger partial charge < -0.3 is 4.74 Å². The Balaban J connectivity index is 1.46. The number of aryl methyl sites for hydroxylation is 1. The van der Waals surface area contributed by atoms with Crippen LogP contribution in [-0.4, -0.2) is 16.8 Å². The number of nitrogens with zero attached hydrogens (tertiary/aromatic N) is 2. The summed E-state index contributed by atoms with van der Waals surface area (Å²) in [6, 6.07) is 9.07. The molecule has 1 fully saturated rings. The molecule has 4 heteroatoms. The molecule has 0 saturated heterocycles. The molecular weight excluding hydrogens is 387 g/mol. The van der Waals surface area contributed by atoms with Crippen LogP contribution in [0, 0.1) is 17.7 Å². The monoisotopic (exact) mass is 426 g/mol. The molecule has 0 N–H and O–H groups in total. The van der Waals surface area contributed by atoms with Crippen molar-refractivity contribution in [2.24, 2.45) is 11.8 Å². The minimum atomic E-state index is -0.336. The van der Waals surface area contributed by atoms with Gasteiger partial charge in [-0.05, 0) is 61.4 Å². The van der Waals surface area contributed by atoms with Crippen LogP contribution in [0.3, 0.4) is 0 Å². The molecule has 0 aliphatic heterocycles. The lowest BCUT2D eigenvalue weighted by Crippen LogP contribution is -2.15. The van der Waals surface area contributed by atoms with Crippen LogP contribution in [0.2, 0.25) is 0 Å². The Labute approximate surface area is 187 Å². The van der Waals surface area contributed by atoms with Gasteiger partial charge >= 0.3 is 0 Å². The Bertz CT molecular complexity index is 769. The molecule has 1 heterocycles. The molecule has 31 heavy (non-hydrogen) atoms. The van der Waals surface area contributed by atoms with Gasteiger partial charge in [-0.2, -0.15) is 10.2 Å². The lowest BCUT2D eigenvalue weighted by molar-refractivity contribution is 0.252. The van der Waals surface area contributed by atoms with Crippen LogP contribution in [0.4, 0.5) is 4.39 Å². The smallest absolute Gasteiger partial charge is 0.165 e. The van der Waals surface area contributed by atoms with E-state index in [-0.39, 0.29) is 5.82 Å². The van der Waals surface area contributed by atoms with Crippen molar-refractivity contribution >= 4 is 0 Å². The van der Waals surface area contributed by atoms with Crippen molar-refractivity contribution in [2.45, 2.75) is 90.9 Å². The van der Waals surface area contributed by atoms with Gasteiger partial charge in [-0.25, -0.2) is 4.39 Å². The number of benzene rings is 1. The maximum absolute atomic E-state index is 14.4. The van der Waals surface area contributed by atoms with Gasteiger partial charge in [-0.3, -0.25) is 0 Å². The molecule has 1 saturated carbocycles. The molecule has 170 valence electrons. The van der Waals surface area contributed by atoms with Gasteiger partial charge in [0, 0.05) is 5.56 Å². The Morgan fingerprint density at radius 3 is 2.29 bits per heavy atom. The maximum atomic E-state index is 14.4. The molecule has 1 aliphatic rings. The summed E-state index contributed by atoms with van der Waals surface area (Å²) in [6.07, 6.45) is 14.9. The number of hydrogen-bond acceptors (Lipinski definition) is 3. The Morgan fingerprint density at radius 1 is 0.871 bits per heavy atom. The first-order valence-electron chi connectivity index (χ1n) is 12.4. The standard InChI is InChI=1S/C27H39FN2O/c1-3-5-6-7-19-31-27-18-14-23(20-25(27)28)26-17-16-24(29-30-26)15-13-22-11-9-21(8-4-2)10-12-22/h14,16-18,20-22H,3-13,15,19H2,1-2H3. The summed E-state index contributed by atoms with van der Waals surface area (Å²) in [5, 5.41) is 8.77. The molecule has 1 aliphatic carbocycles. The normalized spacial score (nSPS) is 18.8. The Morgan fingerprint density at radius 2 is 1.65 bits per heavy atom. The highest BCUT2D eigenvalue weighted by molar-refractivity contribution is 5.59.